The number of hydrogen-bond acceptors (Lipinski definition) is 3. The smallest absolute Gasteiger partial charge is 0.257 e. The number of hydrogen-bond donors (Lipinski definition) is 1. The first-order valence-electron chi connectivity index (χ1n) is 8.17. The number of nitrogens with zero attached hydrogens (tertiary/aromatic N) is 2. The molecule has 3 rings (SSSR count). The van der Waals surface area contributed by atoms with Crippen molar-refractivity contribution in [3.63, 3.8) is 0 Å². The second kappa shape index (κ2) is 6.15. The first-order valence-corrected chi connectivity index (χ1v) is 8.17. The molecular formula is C19H23N3O2. The molecule has 24 heavy (non-hydrogen) atoms. The number of fused-ring (bicyclic) bond motifs is 1. The van der Waals surface area contributed by atoms with Gasteiger partial charge in [0.05, 0.1) is 5.69 Å². The third-order valence-electron chi connectivity index (χ3n) is 4.44. The van der Waals surface area contributed by atoms with Gasteiger partial charge in [0.15, 0.2) is 5.76 Å². The number of aromatic nitrogens is 2. The number of carbonyl (C=O) groups excluding carboxylic acids is 1. The van der Waals surface area contributed by atoms with Crippen molar-refractivity contribution in [3.8, 4) is 0 Å². The third-order valence-corrected chi connectivity index (χ3v) is 4.44. The average Bonchev–Trinajstić information content (AvgIpc) is 3.06. The molecule has 5 nitrogen and oxygen atoms in total. The van der Waals surface area contributed by atoms with E-state index in [1.807, 2.05) is 19.9 Å². The van der Waals surface area contributed by atoms with Crippen LogP contribution in [0.4, 0.5) is 0 Å². The van der Waals surface area contributed by atoms with Crippen LogP contribution in [0.5, 0.6) is 0 Å². The molecule has 0 aliphatic carbocycles. The van der Waals surface area contributed by atoms with E-state index < -0.39 is 0 Å². The fraction of sp³-hybridized carbons (Fsp3) is 0.368. The Bertz CT molecular complexity index is 903. The zero-order chi connectivity index (χ0) is 17.4. The van der Waals surface area contributed by atoms with Crippen molar-refractivity contribution in [2.45, 2.75) is 40.2 Å². The highest BCUT2D eigenvalue weighted by atomic mass is 16.5. The van der Waals surface area contributed by atoms with E-state index in [9.17, 15) is 4.79 Å². The molecule has 2 heterocycles. The van der Waals surface area contributed by atoms with E-state index in [2.05, 4.69) is 47.2 Å². The van der Waals surface area contributed by atoms with Crippen LogP contribution in [-0.4, -0.2) is 15.6 Å². The maximum absolute atomic E-state index is 12.5. The summed E-state index contributed by atoms with van der Waals surface area (Å²) >= 11 is 0. The second-order valence-electron chi connectivity index (χ2n) is 6.58. The Balaban J connectivity index is 1.78. The summed E-state index contributed by atoms with van der Waals surface area (Å²) in [5, 5.41) is 8.09. The second-order valence-corrected chi connectivity index (χ2v) is 6.58. The fourth-order valence-corrected chi connectivity index (χ4v) is 2.98. The summed E-state index contributed by atoms with van der Waals surface area (Å²) in [6.45, 7) is 8.34. The van der Waals surface area contributed by atoms with Crippen LogP contribution in [0.2, 0.25) is 0 Å². The largest absolute Gasteiger partial charge is 0.360 e. The predicted octanol–water partition coefficient (Wildman–Crippen LogP) is 3.84. The SMILES string of the molecule is Cc1noc(C(C)C)c1C(=O)NCc1ccc2c(c1)cc(C)n2C. The zero-order valence-corrected chi connectivity index (χ0v) is 14.8. The molecule has 1 N–H and O–H groups in total. The molecule has 0 radical (unpaired) electrons. The van der Waals surface area contributed by atoms with E-state index in [-0.39, 0.29) is 11.8 Å². The van der Waals surface area contributed by atoms with E-state index >= 15 is 0 Å². The van der Waals surface area contributed by atoms with E-state index in [0.29, 0.717) is 23.6 Å². The lowest BCUT2D eigenvalue weighted by atomic mass is 10.0. The van der Waals surface area contributed by atoms with Gasteiger partial charge in [0.1, 0.15) is 5.56 Å². The third kappa shape index (κ3) is 2.82. The molecule has 0 bridgehead atoms. The highest BCUT2D eigenvalue weighted by Crippen LogP contribution is 2.23. The summed E-state index contributed by atoms with van der Waals surface area (Å²) in [5.74, 6) is 0.622. The number of benzene rings is 1. The Morgan fingerprint density at radius 3 is 2.75 bits per heavy atom. The number of nitrogens with one attached hydrogen (secondary N) is 1. The van der Waals surface area contributed by atoms with Gasteiger partial charge in [-0.15, -0.1) is 0 Å². The quantitative estimate of drug-likeness (QED) is 0.793. The Hall–Kier alpha value is -2.56. The van der Waals surface area contributed by atoms with Gasteiger partial charge in [-0.1, -0.05) is 25.1 Å². The van der Waals surface area contributed by atoms with E-state index in [0.717, 1.165) is 5.56 Å². The molecule has 0 atom stereocenters. The molecule has 1 amide bonds. The lowest BCUT2D eigenvalue weighted by molar-refractivity contribution is 0.0948. The molecule has 0 spiro atoms. The van der Waals surface area contributed by atoms with Crippen molar-refractivity contribution in [2.24, 2.45) is 7.05 Å². The number of amides is 1. The van der Waals surface area contributed by atoms with Crippen molar-refractivity contribution in [2.75, 3.05) is 0 Å². The van der Waals surface area contributed by atoms with Gasteiger partial charge >= 0.3 is 0 Å². The lowest BCUT2D eigenvalue weighted by Gasteiger charge is -2.08. The van der Waals surface area contributed by atoms with Gasteiger partial charge in [0.25, 0.3) is 5.91 Å². The first kappa shape index (κ1) is 16.3. The van der Waals surface area contributed by atoms with E-state index in [4.69, 9.17) is 4.52 Å². The molecule has 0 fully saturated rings. The van der Waals surface area contributed by atoms with E-state index in [1.165, 1.54) is 16.6 Å². The van der Waals surface area contributed by atoms with Gasteiger partial charge in [-0.2, -0.15) is 0 Å². The van der Waals surface area contributed by atoms with Gasteiger partial charge in [0.2, 0.25) is 0 Å². The summed E-state index contributed by atoms with van der Waals surface area (Å²) in [7, 11) is 2.06. The van der Waals surface area contributed by atoms with Crippen LogP contribution >= 0.6 is 0 Å². The van der Waals surface area contributed by atoms with Crippen LogP contribution in [0, 0.1) is 13.8 Å². The minimum atomic E-state index is -0.137. The molecule has 0 saturated carbocycles. The Labute approximate surface area is 141 Å². The van der Waals surface area contributed by atoms with Crippen molar-refractivity contribution in [3.05, 3.63) is 52.5 Å². The van der Waals surface area contributed by atoms with Gasteiger partial charge in [0, 0.05) is 36.1 Å². The Morgan fingerprint density at radius 1 is 1.29 bits per heavy atom. The van der Waals surface area contributed by atoms with Crippen LogP contribution in [0.25, 0.3) is 10.9 Å². The number of carbonyl (C=O) groups is 1. The Kier molecular flexibility index (Phi) is 4.18. The molecule has 0 aliphatic heterocycles. The topological polar surface area (TPSA) is 60.1 Å². The monoisotopic (exact) mass is 325 g/mol. The lowest BCUT2D eigenvalue weighted by Crippen LogP contribution is -2.24. The fourth-order valence-electron chi connectivity index (χ4n) is 2.98. The Morgan fingerprint density at radius 2 is 2.04 bits per heavy atom. The molecular weight excluding hydrogens is 302 g/mol. The molecule has 2 aromatic heterocycles. The highest BCUT2D eigenvalue weighted by molar-refractivity contribution is 5.96. The van der Waals surface area contributed by atoms with Crippen molar-refractivity contribution in [1.29, 1.82) is 0 Å². The zero-order valence-electron chi connectivity index (χ0n) is 14.8. The molecule has 0 unspecified atom stereocenters. The van der Waals surface area contributed by atoms with E-state index in [1.54, 1.807) is 6.92 Å². The normalized spacial score (nSPS) is 11.4. The maximum atomic E-state index is 12.5. The highest BCUT2D eigenvalue weighted by Gasteiger charge is 2.22. The molecule has 5 heteroatoms. The average molecular weight is 325 g/mol. The summed E-state index contributed by atoms with van der Waals surface area (Å²) in [6, 6.07) is 8.41. The predicted molar refractivity (Wildman–Crippen MR) is 94.2 cm³/mol. The minimum Gasteiger partial charge on any atom is -0.360 e. The number of aryl methyl sites for hydroxylation is 3. The number of rotatable bonds is 4. The van der Waals surface area contributed by atoms with Crippen LogP contribution in [-0.2, 0) is 13.6 Å². The minimum absolute atomic E-state index is 0.121. The molecule has 126 valence electrons. The van der Waals surface area contributed by atoms with Crippen LogP contribution < -0.4 is 5.32 Å². The maximum Gasteiger partial charge on any atom is 0.257 e. The first-order chi connectivity index (χ1) is 11.4. The van der Waals surface area contributed by atoms with Gasteiger partial charge in [-0.25, -0.2) is 0 Å². The summed E-state index contributed by atoms with van der Waals surface area (Å²) in [6.07, 6.45) is 0. The molecule has 0 saturated heterocycles. The molecule has 1 aromatic carbocycles. The molecule has 0 aliphatic rings. The van der Waals surface area contributed by atoms with Crippen molar-refractivity contribution in [1.82, 2.24) is 15.0 Å². The summed E-state index contributed by atoms with van der Waals surface area (Å²) < 4.78 is 7.45. The van der Waals surface area contributed by atoms with Crippen molar-refractivity contribution >= 4 is 16.8 Å². The summed E-state index contributed by atoms with van der Waals surface area (Å²) in [5.41, 5.74) is 4.67. The van der Waals surface area contributed by atoms with Gasteiger partial charge < -0.3 is 14.4 Å². The van der Waals surface area contributed by atoms with Crippen LogP contribution in [0.15, 0.2) is 28.8 Å². The molecule has 3 aromatic rings. The summed E-state index contributed by atoms with van der Waals surface area (Å²) in [4.78, 5) is 12.5. The standard InChI is InChI=1S/C19H23N3O2/c1-11(2)18-17(13(4)21-24-18)19(23)20-10-14-6-7-16-15(9-14)8-12(3)22(16)5/h6-9,11H,10H2,1-5H3,(H,20,23). The van der Waals surface area contributed by atoms with Crippen molar-refractivity contribution < 1.29 is 9.32 Å². The van der Waals surface area contributed by atoms with Crippen LogP contribution in [0.1, 0.15) is 52.8 Å². The van der Waals surface area contributed by atoms with Gasteiger partial charge in [-0.3, -0.25) is 4.79 Å². The van der Waals surface area contributed by atoms with Gasteiger partial charge in [-0.05, 0) is 37.6 Å². The van der Waals surface area contributed by atoms with Crippen LogP contribution in [0.3, 0.4) is 0 Å².